The molecule has 21 heavy (non-hydrogen) atoms. The first-order valence-corrected chi connectivity index (χ1v) is 6.09. The summed E-state index contributed by atoms with van der Waals surface area (Å²) in [5.74, 6) is -1.19. The highest BCUT2D eigenvalue weighted by atomic mass is 16.6. The molecule has 0 aliphatic rings. The minimum absolute atomic E-state index is 0.0232. The Hall–Kier alpha value is -2.71. The Balaban J connectivity index is 2.79. The molecule has 0 aromatic carbocycles. The lowest BCUT2D eigenvalue weighted by atomic mass is 10.1. The Bertz CT molecular complexity index is 580. The summed E-state index contributed by atoms with van der Waals surface area (Å²) in [4.78, 5) is 37.1. The number of carbonyl (C=O) groups excluding carboxylic acids is 2. The average Bonchev–Trinajstić information content (AvgIpc) is 2.33. The maximum absolute atomic E-state index is 11.9. The van der Waals surface area contributed by atoms with Gasteiger partial charge in [0.05, 0.1) is 11.5 Å². The zero-order valence-corrected chi connectivity index (χ0v) is 12.0. The van der Waals surface area contributed by atoms with Crippen LogP contribution in [0.1, 0.15) is 31.1 Å². The fourth-order valence-corrected chi connectivity index (χ4v) is 1.51. The van der Waals surface area contributed by atoms with Crippen molar-refractivity contribution in [3.05, 3.63) is 27.9 Å². The number of nitrogens with zero attached hydrogens (tertiary/aromatic N) is 2. The maximum Gasteiger partial charge on any atom is 0.300 e. The third-order valence-electron chi connectivity index (χ3n) is 2.27. The summed E-state index contributed by atoms with van der Waals surface area (Å²) in [5, 5.41) is 15.8. The number of pyridine rings is 1. The fraction of sp³-hybridized carbons (Fsp3) is 0.417. The van der Waals surface area contributed by atoms with E-state index in [0.29, 0.717) is 0 Å². The van der Waals surface area contributed by atoms with Crippen LogP contribution in [0.2, 0.25) is 0 Å². The molecule has 0 saturated heterocycles. The Kier molecular flexibility index (Phi) is 4.79. The quantitative estimate of drug-likeness (QED) is 0.536. The van der Waals surface area contributed by atoms with E-state index in [0.717, 1.165) is 12.3 Å². The van der Waals surface area contributed by atoms with E-state index in [9.17, 15) is 19.7 Å². The summed E-state index contributed by atoms with van der Waals surface area (Å²) in [6.45, 7) is 5.08. The Morgan fingerprint density at radius 3 is 2.57 bits per heavy atom. The van der Waals surface area contributed by atoms with Crippen molar-refractivity contribution in [2.45, 2.75) is 26.3 Å². The predicted molar refractivity (Wildman–Crippen MR) is 75.5 cm³/mol. The number of amides is 2. The van der Waals surface area contributed by atoms with Crippen molar-refractivity contribution in [3.63, 3.8) is 0 Å². The van der Waals surface area contributed by atoms with Crippen LogP contribution in [0, 0.1) is 10.1 Å². The smallest absolute Gasteiger partial charge is 0.300 e. The van der Waals surface area contributed by atoms with E-state index < -0.39 is 28.0 Å². The first-order valence-electron chi connectivity index (χ1n) is 6.09. The molecular formula is C12H17N5O4. The number of rotatable bonds is 4. The molecule has 0 aliphatic heterocycles. The van der Waals surface area contributed by atoms with Gasteiger partial charge in [0.2, 0.25) is 5.91 Å². The van der Waals surface area contributed by atoms with Crippen molar-refractivity contribution < 1.29 is 14.5 Å². The molecule has 4 N–H and O–H groups in total. The topological polar surface area (TPSA) is 140 Å². The normalized spacial score (nSPS) is 10.8. The fourth-order valence-electron chi connectivity index (χ4n) is 1.51. The zero-order chi connectivity index (χ0) is 16.2. The lowest BCUT2D eigenvalue weighted by molar-refractivity contribution is -0.385. The molecule has 9 nitrogen and oxygen atoms in total. The van der Waals surface area contributed by atoms with Gasteiger partial charge in [0.15, 0.2) is 0 Å². The average molecular weight is 295 g/mol. The van der Waals surface area contributed by atoms with Gasteiger partial charge in [0, 0.05) is 5.54 Å². The van der Waals surface area contributed by atoms with Crippen LogP contribution in [0.3, 0.4) is 0 Å². The van der Waals surface area contributed by atoms with Gasteiger partial charge in [0.25, 0.3) is 11.6 Å². The number of carbonyl (C=O) groups is 2. The summed E-state index contributed by atoms with van der Waals surface area (Å²) in [7, 11) is 0. The number of hydrogen-bond acceptors (Lipinski definition) is 6. The van der Waals surface area contributed by atoms with E-state index in [4.69, 9.17) is 5.73 Å². The van der Waals surface area contributed by atoms with Gasteiger partial charge in [-0.05, 0) is 26.8 Å². The molecule has 0 unspecified atom stereocenters. The molecule has 1 aromatic heterocycles. The largest absolute Gasteiger partial charge is 0.384 e. The van der Waals surface area contributed by atoms with Crippen molar-refractivity contribution in [2.24, 2.45) is 0 Å². The summed E-state index contributed by atoms with van der Waals surface area (Å²) >= 11 is 0. The van der Waals surface area contributed by atoms with Crippen LogP contribution in [0.5, 0.6) is 0 Å². The van der Waals surface area contributed by atoms with Crippen LogP contribution in [0.15, 0.2) is 12.3 Å². The van der Waals surface area contributed by atoms with Crippen molar-refractivity contribution in [1.82, 2.24) is 15.6 Å². The van der Waals surface area contributed by atoms with Gasteiger partial charge in [-0.2, -0.15) is 0 Å². The SMILES string of the molecule is CC(C)(C)NC(=O)CNC(=O)c1cc(N)ncc1[N+](=O)[O-]. The van der Waals surface area contributed by atoms with Crippen molar-refractivity contribution in [3.8, 4) is 0 Å². The van der Waals surface area contributed by atoms with Gasteiger partial charge in [-0.3, -0.25) is 19.7 Å². The predicted octanol–water partition coefficient (Wildman–Crippen LogP) is 0.217. The monoisotopic (exact) mass is 295 g/mol. The summed E-state index contributed by atoms with van der Waals surface area (Å²) in [6.07, 6.45) is 0.902. The molecule has 0 spiro atoms. The third kappa shape index (κ3) is 5.05. The number of anilines is 1. The van der Waals surface area contributed by atoms with Gasteiger partial charge in [-0.25, -0.2) is 4.98 Å². The highest BCUT2D eigenvalue weighted by Gasteiger charge is 2.22. The molecule has 0 aliphatic carbocycles. The van der Waals surface area contributed by atoms with Crippen LogP contribution in [0.4, 0.5) is 11.5 Å². The lowest BCUT2D eigenvalue weighted by Crippen LogP contribution is -2.45. The van der Waals surface area contributed by atoms with E-state index in [2.05, 4.69) is 15.6 Å². The molecule has 1 heterocycles. The molecule has 2 amide bonds. The number of nitrogens with two attached hydrogens (primary N) is 1. The van der Waals surface area contributed by atoms with Gasteiger partial charge < -0.3 is 16.4 Å². The zero-order valence-electron chi connectivity index (χ0n) is 12.0. The van der Waals surface area contributed by atoms with Crippen LogP contribution in [-0.4, -0.2) is 33.8 Å². The molecule has 1 rings (SSSR count). The molecular weight excluding hydrogens is 278 g/mol. The molecule has 0 saturated carbocycles. The van der Waals surface area contributed by atoms with Gasteiger partial charge in [-0.1, -0.05) is 0 Å². The lowest BCUT2D eigenvalue weighted by Gasteiger charge is -2.20. The van der Waals surface area contributed by atoms with E-state index >= 15 is 0 Å². The second-order valence-corrected chi connectivity index (χ2v) is 5.36. The number of nitrogens with one attached hydrogen (secondary N) is 2. The molecule has 0 fully saturated rings. The summed E-state index contributed by atoms with van der Waals surface area (Å²) in [5.41, 5.74) is 4.26. The molecule has 114 valence electrons. The number of nitrogen functional groups attached to an aromatic ring is 1. The summed E-state index contributed by atoms with van der Waals surface area (Å²) < 4.78 is 0. The molecule has 0 radical (unpaired) electrons. The van der Waals surface area contributed by atoms with Crippen LogP contribution >= 0.6 is 0 Å². The summed E-state index contributed by atoms with van der Waals surface area (Å²) in [6, 6.07) is 1.09. The molecule has 0 atom stereocenters. The number of nitro groups is 1. The van der Waals surface area contributed by atoms with E-state index in [1.54, 1.807) is 20.8 Å². The van der Waals surface area contributed by atoms with Crippen molar-refractivity contribution in [1.29, 1.82) is 0 Å². The molecule has 1 aromatic rings. The second-order valence-electron chi connectivity index (χ2n) is 5.36. The highest BCUT2D eigenvalue weighted by Crippen LogP contribution is 2.18. The Morgan fingerprint density at radius 1 is 1.43 bits per heavy atom. The molecule has 9 heteroatoms. The highest BCUT2D eigenvalue weighted by molar-refractivity contribution is 6.00. The van der Waals surface area contributed by atoms with E-state index in [1.807, 2.05) is 0 Å². The van der Waals surface area contributed by atoms with Crippen LogP contribution in [-0.2, 0) is 4.79 Å². The minimum Gasteiger partial charge on any atom is -0.384 e. The van der Waals surface area contributed by atoms with Crippen LogP contribution < -0.4 is 16.4 Å². The van der Waals surface area contributed by atoms with Crippen molar-refractivity contribution in [2.75, 3.05) is 12.3 Å². The standard InChI is InChI=1S/C12H17N5O4/c1-12(2,3)16-10(18)6-15-11(19)7-4-9(13)14-5-8(7)17(20)21/h4-5H,6H2,1-3H3,(H2,13,14)(H,15,19)(H,16,18). The number of hydrogen-bond donors (Lipinski definition) is 3. The maximum atomic E-state index is 11.9. The van der Waals surface area contributed by atoms with Crippen LogP contribution in [0.25, 0.3) is 0 Å². The second kappa shape index (κ2) is 6.16. The Morgan fingerprint density at radius 2 is 2.05 bits per heavy atom. The first-order chi connectivity index (χ1) is 9.60. The third-order valence-corrected chi connectivity index (χ3v) is 2.27. The van der Waals surface area contributed by atoms with Gasteiger partial charge in [0.1, 0.15) is 17.6 Å². The number of aromatic nitrogens is 1. The van der Waals surface area contributed by atoms with Crippen molar-refractivity contribution >= 4 is 23.3 Å². The van der Waals surface area contributed by atoms with E-state index in [-0.39, 0.29) is 17.9 Å². The van der Waals surface area contributed by atoms with E-state index in [1.165, 1.54) is 0 Å². The minimum atomic E-state index is -0.764. The first kappa shape index (κ1) is 16.3. The van der Waals surface area contributed by atoms with Gasteiger partial charge in [-0.15, -0.1) is 0 Å². The van der Waals surface area contributed by atoms with Gasteiger partial charge >= 0.3 is 0 Å². The molecule has 0 bridgehead atoms. The Labute approximate surface area is 121 Å².